The molecular formula is C13H22N2O3S. The van der Waals surface area contributed by atoms with Crippen LogP contribution in [0.4, 0.5) is 0 Å². The van der Waals surface area contributed by atoms with Crippen LogP contribution in [0.25, 0.3) is 0 Å². The van der Waals surface area contributed by atoms with Gasteiger partial charge in [0.2, 0.25) is 5.09 Å². The molecule has 1 saturated carbocycles. The normalized spacial score (nSPS) is 21.5. The van der Waals surface area contributed by atoms with Gasteiger partial charge in [0.05, 0.1) is 6.54 Å². The largest absolute Gasteiger partial charge is 0.447 e. The van der Waals surface area contributed by atoms with Crippen LogP contribution in [0.5, 0.6) is 0 Å². The fraction of sp³-hybridized carbons (Fsp3) is 0.692. The minimum absolute atomic E-state index is 0.0406. The minimum atomic E-state index is -3.49. The zero-order valence-corrected chi connectivity index (χ0v) is 12.9. The molecule has 0 unspecified atom stereocenters. The topological polar surface area (TPSA) is 71.3 Å². The van der Waals surface area contributed by atoms with E-state index in [4.69, 9.17) is 4.42 Å². The predicted octanol–water partition coefficient (Wildman–Crippen LogP) is 1.71. The van der Waals surface area contributed by atoms with Crippen molar-refractivity contribution in [3.05, 3.63) is 17.9 Å². The number of sulfonamides is 1. The van der Waals surface area contributed by atoms with Crippen molar-refractivity contribution in [3.8, 4) is 0 Å². The molecule has 0 aromatic carbocycles. The summed E-state index contributed by atoms with van der Waals surface area (Å²) >= 11 is 0. The summed E-state index contributed by atoms with van der Waals surface area (Å²) in [6.45, 7) is 9.44. The monoisotopic (exact) mass is 286 g/mol. The molecular weight excluding hydrogens is 264 g/mol. The van der Waals surface area contributed by atoms with E-state index in [0.29, 0.717) is 18.3 Å². The third-order valence-corrected chi connectivity index (χ3v) is 5.96. The van der Waals surface area contributed by atoms with E-state index < -0.39 is 10.0 Å². The zero-order chi connectivity index (χ0) is 14.5. The van der Waals surface area contributed by atoms with Gasteiger partial charge in [-0.2, -0.15) is 0 Å². The molecule has 0 bridgehead atoms. The van der Waals surface area contributed by atoms with E-state index in [9.17, 15) is 8.42 Å². The maximum atomic E-state index is 11.5. The van der Waals surface area contributed by atoms with Gasteiger partial charge in [0.25, 0.3) is 10.0 Å². The molecule has 6 heteroatoms. The Hall–Kier alpha value is -0.850. The highest BCUT2D eigenvalue weighted by molar-refractivity contribution is 7.89. The fourth-order valence-electron chi connectivity index (χ4n) is 2.61. The van der Waals surface area contributed by atoms with Gasteiger partial charge in [0, 0.05) is 6.04 Å². The molecule has 5 nitrogen and oxygen atoms in total. The molecule has 1 heterocycles. The maximum Gasteiger partial charge on any atom is 0.273 e. The first-order valence-corrected chi connectivity index (χ1v) is 7.87. The van der Waals surface area contributed by atoms with Crippen LogP contribution in [0.2, 0.25) is 0 Å². The molecule has 2 N–H and O–H groups in total. The first-order chi connectivity index (χ1) is 8.63. The van der Waals surface area contributed by atoms with Crippen molar-refractivity contribution >= 4 is 10.0 Å². The van der Waals surface area contributed by atoms with Crippen molar-refractivity contribution in [3.63, 3.8) is 0 Å². The first kappa shape index (κ1) is 14.6. The SMILES string of the molecule is CNS(=O)(=O)c1ccc(CNC2C(C)(C)C2(C)C)o1. The van der Waals surface area contributed by atoms with Gasteiger partial charge in [-0.15, -0.1) is 0 Å². The lowest BCUT2D eigenvalue weighted by atomic mass is 10.0. The van der Waals surface area contributed by atoms with E-state index >= 15 is 0 Å². The van der Waals surface area contributed by atoms with Gasteiger partial charge in [-0.05, 0) is 30.0 Å². The van der Waals surface area contributed by atoms with Gasteiger partial charge in [0.1, 0.15) is 5.76 Å². The standard InChI is InChI=1S/C13H22N2O3S/c1-12(2)11(13(12,3)4)15-8-9-6-7-10(18-9)19(16,17)14-5/h6-7,11,14-15H,8H2,1-5H3. The van der Waals surface area contributed by atoms with Gasteiger partial charge in [-0.3, -0.25) is 0 Å². The molecule has 19 heavy (non-hydrogen) atoms. The summed E-state index contributed by atoms with van der Waals surface area (Å²) in [5.41, 5.74) is 0.499. The summed E-state index contributed by atoms with van der Waals surface area (Å²) in [6.07, 6.45) is 0. The van der Waals surface area contributed by atoms with E-state index in [1.807, 2.05) is 0 Å². The van der Waals surface area contributed by atoms with Crippen molar-refractivity contribution in [2.24, 2.45) is 10.8 Å². The number of rotatable bonds is 5. The summed E-state index contributed by atoms with van der Waals surface area (Å²) in [5.74, 6) is 0.632. The second kappa shape index (κ2) is 4.33. The number of hydrogen-bond acceptors (Lipinski definition) is 4. The minimum Gasteiger partial charge on any atom is -0.447 e. The van der Waals surface area contributed by atoms with Crippen LogP contribution in [0.15, 0.2) is 21.6 Å². The summed E-state index contributed by atoms with van der Waals surface area (Å²) in [4.78, 5) is 0. The maximum absolute atomic E-state index is 11.5. The molecule has 2 rings (SSSR count). The molecule has 1 aromatic heterocycles. The van der Waals surface area contributed by atoms with E-state index in [2.05, 4.69) is 37.7 Å². The number of furan rings is 1. The lowest BCUT2D eigenvalue weighted by molar-refractivity contribution is 0.394. The second-order valence-corrected chi connectivity index (χ2v) is 8.00. The van der Waals surface area contributed by atoms with Crippen LogP contribution in [0.1, 0.15) is 33.5 Å². The van der Waals surface area contributed by atoms with Crippen LogP contribution < -0.4 is 10.0 Å². The molecule has 1 fully saturated rings. The smallest absolute Gasteiger partial charge is 0.273 e. The van der Waals surface area contributed by atoms with Crippen molar-refractivity contribution in [1.29, 1.82) is 0 Å². The van der Waals surface area contributed by atoms with Crippen LogP contribution in [0, 0.1) is 10.8 Å². The summed E-state index contributed by atoms with van der Waals surface area (Å²) in [6, 6.07) is 3.58. The molecule has 0 saturated heterocycles. The Balaban J connectivity index is 2.00. The lowest BCUT2D eigenvalue weighted by Crippen LogP contribution is -2.21. The molecule has 1 aliphatic carbocycles. The van der Waals surface area contributed by atoms with E-state index in [1.54, 1.807) is 6.07 Å². The lowest BCUT2D eigenvalue weighted by Gasteiger charge is -2.04. The summed E-state index contributed by atoms with van der Waals surface area (Å²) in [5, 5.41) is 3.39. The Morgan fingerprint density at radius 1 is 1.21 bits per heavy atom. The van der Waals surface area contributed by atoms with Gasteiger partial charge in [-0.25, -0.2) is 13.1 Å². The average molecular weight is 286 g/mol. The molecule has 108 valence electrons. The summed E-state index contributed by atoms with van der Waals surface area (Å²) < 4.78 is 30.7. The Bertz CT molecular complexity index is 558. The van der Waals surface area contributed by atoms with Crippen LogP contribution >= 0.6 is 0 Å². The zero-order valence-electron chi connectivity index (χ0n) is 12.1. The molecule has 1 aliphatic rings. The van der Waals surface area contributed by atoms with Gasteiger partial charge < -0.3 is 9.73 Å². The van der Waals surface area contributed by atoms with E-state index in [1.165, 1.54) is 13.1 Å². The molecule has 1 aromatic rings. The Labute approximate surface area is 114 Å². The van der Waals surface area contributed by atoms with Crippen molar-refractivity contribution in [2.75, 3.05) is 7.05 Å². The van der Waals surface area contributed by atoms with Crippen molar-refractivity contribution in [1.82, 2.24) is 10.0 Å². The Kier molecular flexibility index (Phi) is 3.32. The van der Waals surface area contributed by atoms with Crippen LogP contribution in [-0.4, -0.2) is 21.5 Å². The molecule has 0 radical (unpaired) electrons. The quantitative estimate of drug-likeness (QED) is 0.864. The Morgan fingerprint density at radius 3 is 2.26 bits per heavy atom. The van der Waals surface area contributed by atoms with Crippen LogP contribution in [-0.2, 0) is 16.6 Å². The van der Waals surface area contributed by atoms with Crippen molar-refractivity contribution in [2.45, 2.75) is 45.4 Å². The molecule has 0 spiro atoms. The highest BCUT2D eigenvalue weighted by Crippen LogP contribution is 2.62. The Morgan fingerprint density at radius 2 is 1.79 bits per heavy atom. The van der Waals surface area contributed by atoms with E-state index in [-0.39, 0.29) is 15.9 Å². The molecule has 0 atom stereocenters. The number of nitrogens with one attached hydrogen (secondary N) is 2. The number of hydrogen-bond donors (Lipinski definition) is 2. The first-order valence-electron chi connectivity index (χ1n) is 6.38. The predicted molar refractivity (Wildman–Crippen MR) is 73.1 cm³/mol. The highest BCUT2D eigenvalue weighted by Gasteiger charge is 2.64. The third-order valence-electron chi connectivity index (χ3n) is 4.67. The molecule has 0 amide bonds. The van der Waals surface area contributed by atoms with E-state index in [0.717, 1.165) is 0 Å². The van der Waals surface area contributed by atoms with Gasteiger partial charge in [0.15, 0.2) is 0 Å². The summed E-state index contributed by atoms with van der Waals surface area (Å²) in [7, 11) is -2.12. The fourth-order valence-corrected chi connectivity index (χ4v) is 3.27. The van der Waals surface area contributed by atoms with Gasteiger partial charge >= 0.3 is 0 Å². The van der Waals surface area contributed by atoms with Crippen LogP contribution in [0.3, 0.4) is 0 Å². The average Bonchev–Trinajstić information content (AvgIpc) is 2.72. The van der Waals surface area contributed by atoms with Crippen molar-refractivity contribution < 1.29 is 12.8 Å². The second-order valence-electron chi connectivity index (χ2n) is 6.19. The van der Waals surface area contributed by atoms with Gasteiger partial charge in [-0.1, -0.05) is 27.7 Å². The third kappa shape index (κ3) is 2.32. The molecule has 0 aliphatic heterocycles. The highest BCUT2D eigenvalue weighted by atomic mass is 32.2.